The summed E-state index contributed by atoms with van der Waals surface area (Å²) in [5.41, 5.74) is 5.76. The van der Waals surface area contributed by atoms with Gasteiger partial charge in [0.15, 0.2) is 11.5 Å². The monoisotopic (exact) mass is 496 g/mol. The van der Waals surface area contributed by atoms with Crippen LogP contribution in [0.2, 0.25) is 0 Å². The van der Waals surface area contributed by atoms with E-state index in [0.717, 1.165) is 22.3 Å². The van der Waals surface area contributed by atoms with Crippen LogP contribution in [0.25, 0.3) is 22.5 Å². The van der Waals surface area contributed by atoms with Crippen LogP contribution in [0.15, 0.2) is 76.3 Å². The van der Waals surface area contributed by atoms with Gasteiger partial charge in [0.25, 0.3) is 11.1 Å². The van der Waals surface area contributed by atoms with E-state index in [1.807, 2.05) is 74.5 Å². The van der Waals surface area contributed by atoms with Gasteiger partial charge in [0.2, 0.25) is 0 Å². The van der Waals surface area contributed by atoms with Gasteiger partial charge in [-0.1, -0.05) is 71.8 Å². The number of para-hydroxylation sites is 1. The lowest BCUT2D eigenvalue weighted by Gasteiger charge is -2.21. The van der Waals surface area contributed by atoms with E-state index >= 15 is 0 Å². The minimum absolute atomic E-state index is 0.332. The Morgan fingerprint density at radius 3 is 1.54 bits per heavy atom. The molecule has 0 fully saturated rings. The van der Waals surface area contributed by atoms with E-state index in [1.165, 1.54) is 0 Å². The molecule has 5 aromatic rings. The van der Waals surface area contributed by atoms with Crippen LogP contribution in [0, 0.1) is 13.8 Å². The Balaban J connectivity index is 1.85. The first-order valence-corrected chi connectivity index (χ1v) is 11.9. The smallest absolute Gasteiger partial charge is 0.268 e. The highest BCUT2D eigenvalue weighted by atomic mass is 16.5. The number of nitrogens with one attached hydrogen (secondary N) is 4. The van der Waals surface area contributed by atoms with Crippen molar-refractivity contribution in [3.8, 4) is 34.0 Å². The minimum Gasteiger partial charge on any atom is -0.493 e. The molecular weight excluding hydrogens is 468 g/mol. The second kappa shape index (κ2) is 9.73. The molecule has 0 aliphatic rings. The second-order valence-electron chi connectivity index (χ2n) is 8.98. The highest BCUT2D eigenvalue weighted by Gasteiger charge is 2.33. The third kappa shape index (κ3) is 4.27. The highest BCUT2D eigenvalue weighted by molar-refractivity contribution is 5.72. The summed E-state index contributed by atoms with van der Waals surface area (Å²) in [6, 6.07) is 21.1. The summed E-state index contributed by atoms with van der Waals surface area (Å²) >= 11 is 0. The fourth-order valence-electron chi connectivity index (χ4n) is 4.78. The molecular formula is C29H28N4O4. The van der Waals surface area contributed by atoms with Gasteiger partial charge >= 0.3 is 0 Å². The van der Waals surface area contributed by atoms with Crippen molar-refractivity contribution < 1.29 is 9.47 Å². The molecule has 0 bridgehead atoms. The Morgan fingerprint density at radius 1 is 0.622 bits per heavy atom. The third-order valence-electron chi connectivity index (χ3n) is 6.63. The van der Waals surface area contributed by atoms with E-state index in [2.05, 4.69) is 20.4 Å². The molecule has 188 valence electrons. The van der Waals surface area contributed by atoms with E-state index in [4.69, 9.17) is 9.47 Å². The van der Waals surface area contributed by atoms with Gasteiger partial charge in [0.1, 0.15) is 0 Å². The van der Waals surface area contributed by atoms with Crippen LogP contribution in [0.5, 0.6) is 11.5 Å². The molecule has 4 N–H and O–H groups in total. The van der Waals surface area contributed by atoms with Crippen molar-refractivity contribution in [2.24, 2.45) is 0 Å². The largest absolute Gasteiger partial charge is 0.493 e. The van der Waals surface area contributed by atoms with Gasteiger partial charge in [-0.05, 0) is 31.0 Å². The van der Waals surface area contributed by atoms with Gasteiger partial charge in [-0.25, -0.2) is 0 Å². The average molecular weight is 497 g/mol. The first kappa shape index (κ1) is 24.0. The van der Waals surface area contributed by atoms with Crippen molar-refractivity contribution >= 4 is 0 Å². The van der Waals surface area contributed by atoms with Crippen molar-refractivity contribution in [1.82, 2.24) is 20.4 Å². The summed E-state index contributed by atoms with van der Waals surface area (Å²) in [7, 11) is 3.10. The Kier molecular flexibility index (Phi) is 6.31. The van der Waals surface area contributed by atoms with E-state index in [0.29, 0.717) is 39.6 Å². The molecule has 0 radical (unpaired) electrons. The van der Waals surface area contributed by atoms with Crippen LogP contribution >= 0.6 is 0 Å². The predicted octanol–water partition coefficient (Wildman–Crippen LogP) is 4.87. The minimum atomic E-state index is -0.789. The zero-order chi connectivity index (χ0) is 26.1. The third-order valence-corrected chi connectivity index (χ3v) is 6.63. The molecule has 2 aromatic heterocycles. The van der Waals surface area contributed by atoms with Crippen LogP contribution in [0.4, 0.5) is 0 Å². The molecule has 0 amide bonds. The zero-order valence-corrected chi connectivity index (χ0v) is 21.1. The maximum absolute atomic E-state index is 13.5. The van der Waals surface area contributed by atoms with Crippen LogP contribution < -0.4 is 20.6 Å². The molecule has 5 rings (SSSR count). The SMILES string of the molecule is COc1cccc(C(c2c(-c3ccc(C)cc3)[nH][nH]c2=O)c2c(-c3ccc(C)cc3)[nH][nH]c2=O)c1OC. The Bertz CT molecular complexity index is 1560. The quantitative estimate of drug-likeness (QED) is 0.257. The number of hydrogen-bond acceptors (Lipinski definition) is 4. The summed E-state index contributed by atoms with van der Waals surface area (Å²) in [5, 5.41) is 11.6. The topological polar surface area (TPSA) is 116 Å². The van der Waals surface area contributed by atoms with Crippen molar-refractivity contribution in [1.29, 1.82) is 0 Å². The van der Waals surface area contributed by atoms with Gasteiger partial charge in [-0.2, -0.15) is 0 Å². The molecule has 3 aromatic carbocycles. The molecule has 8 heteroatoms. The molecule has 2 heterocycles. The number of ether oxygens (including phenoxy) is 2. The van der Waals surface area contributed by atoms with E-state index in [9.17, 15) is 9.59 Å². The number of methoxy groups -OCH3 is 2. The molecule has 0 spiro atoms. The Morgan fingerprint density at radius 2 is 1.11 bits per heavy atom. The number of hydrogen-bond donors (Lipinski definition) is 4. The first-order valence-electron chi connectivity index (χ1n) is 11.9. The zero-order valence-electron chi connectivity index (χ0n) is 21.1. The lowest BCUT2D eigenvalue weighted by atomic mass is 9.82. The molecule has 0 saturated heterocycles. The van der Waals surface area contributed by atoms with Gasteiger partial charge in [0, 0.05) is 5.56 Å². The van der Waals surface area contributed by atoms with Crippen molar-refractivity contribution in [2.45, 2.75) is 19.8 Å². The summed E-state index contributed by atoms with van der Waals surface area (Å²) < 4.78 is 11.3. The normalized spacial score (nSPS) is 11.2. The highest BCUT2D eigenvalue weighted by Crippen LogP contribution is 2.44. The summed E-state index contributed by atoms with van der Waals surface area (Å²) in [6.07, 6.45) is 0. The number of benzene rings is 3. The maximum atomic E-state index is 13.5. The van der Waals surface area contributed by atoms with Gasteiger partial charge in [-0.3, -0.25) is 30.0 Å². The summed E-state index contributed by atoms with van der Waals surface area (Å²) in [4.78, 5) is 26.9. The first-order chi connectivity index (χ1) is 17.9. The lowest BCUT2D eigenvalue weighted by Crippen LogP contribution is -2.20. The molecule has 8 nitrogen and oxygen atoms in total. The maximum Gasteiger partial charge on any atom is 0.268 e. The van der Waals surface area contributed by atoms with Crippen LogP contribution in [0.3, 0.4) is 0 Å². The summed E-state index contributed by atoms with van der Waals surface area (Å²) in [5.74, 6) is 0.154. The van der Waals surface area contributed by atoms with Crippen molar-refractivity contribution in [2.75, 3.05) is 14.2 Å². The average Bonchev–Trinajstić information content (AvgIpc) is 3.48. The second-order valence-corrected chi connectivity index (χ2v) is 8.98. The molecule has 37 heavy (non-hydrogen) atoms. The molecule has 0 atom stereocenters. The van der Waals surface area contributed by atoms with Crippen LogP contribution in [-0.4, -0.2) is 34.6 Å². The Hall–Kier alpha value is -4.72. The van der Waals surface area contributed by atoms with Crippen molar-refractivity contribution in [3.05, 3.63) is 115 Å². The standard InChI is InChI=1S/C29H28N4O4/c1-16-8-12-18(13-9-16)25-23(28(34)32-30-25)22(20-6-5-7-21(36-3)27(20)37-4)24-26(31-33-29(24)35)19-14-10-17(2)11-15-19/h5-15,22H,1-4H3,(H2,30,32,34)(H2,31,33,35). The van der Waals surface area contributed by atoms with E-state index in [-0.39, 0.29) is 11.1 Å². The number of H-pyrrole nitrogens is 4. The predicted molar refractivity (Wildman–Crippen MR) is 144 cm³/mol. The fraction of sp³-hybridized carbons (Fsp3) is 0.172. The molecule has 0 aliphatic heterocycles. The van der Waals surface area contributed by atoms with Gasteiger partial charge in [-0.15, -0.1) is 0 Å². The van der Waals surface area contributed by atoms with Crippen LogP contribution in [-0.2, 0) is 0 Å². The van der Waals surface area contributed by atoms with Gasteiger partial charge < -0.3 is 9.47 Å². The van der Waals surface area contributed by atoms with Crippen molar-refractivity contribution in [3.63, 3.8) is 0 Å². The number of rotatable bonds is 7. The summed E-state index contributed by atoms with van der Waals surface area (Å²) in [6.45, 7) is 4.00. The fourth-order valence-corrected chi connectivity index (χ4v) is 4.78. The van der Waals surface area contributed by atoms with E-state index < -0.39 is 5.92 Å². The number of aryl methyl sites for hydroxylation is 2. The van der Waals surface area contributed by atoms with Gasteiger partial charge in [0.05, 0.1) is 42.7 Å². The molecule has 0 aliphatic carbocycles. The Labute approximate surface area is 213 Å². The lowest BCUT2D eigenvalue weighted by molar-refractivity contribution is 0.351. The van der Waals surface area contributed by atoms with E-state index in [1.54, 1.807) is 20.3 Å². The molecule has 0 unspecified atom stereocenters. The molecule has 0 saturated carbocycles. The van der Waals surface area contributed by atoms with Crippen LogP contribution in [0.1, 0.15) is 33.7 Å². The number of aromatic nitrogens is 4. The number of aromatic amines is 4.